The molecule has 0 saturated heterocycles. The third kappa shape index (κ3) is 4.44. The van der Waals surface area contributed by atoms with E-state index in [0.717, 1.165) is 5.56 Å². The molecule has 106 valence electrons. The maximum Gasteiger partial charge on any atom is 0.305 e. The summed E-state index contributed by atoms with van der Waals surface area (Å²) in [6, 6.07) is 5.55. The fourth-order valence-electron chi connectivity index (χ4n) is 1.90. The number of carbonyl (C=O) groups is 1. The summed E-state index contributed by atoms with van der Waals surface area (Å²) in [5, 5.41) is 0. The Morgan fingerprint density at radius 1 is 1.26 bits per heavy atom. The van der Waals surface area contributed by atoms with Gasteiger partial charge >= 0.3 is 5.97 Å². The highest BCUT2D eigenvalue weighted by molar-refractivity contribution is 5.69. The molecule has 0 fully saturated rings. The number of methoxy groups -OCH3 is 3. The maximum absolute atomic E-state index is 11.1. The molecule has 1 unspecified atom stereocenters. The van der Waals surface area contributed by atoms with Gasteiger partial charge in [0.25, 0.3) is 0 Å². The normalized spacial score (nSPS) is 11.8. The molecule has 5 nitrogen and oxygen atoms in total. The predicted molar refractivity (Wildman–Crippen MR) is 72.5 cm³/mol. The zero-order chi connectivity index (χ0) is 14.3. The number of rotatable bonds is 7. The molecule has 0 aliphatic heterocycles. The zero-order valence-electron chi connectivity index (χ0n) is 11.6. The number of hydrogen-bond acceptors (Lipinski definition) is 5. The molecule has 0 amide bonds. The molecule has 0 aromatic heterocycles. The SMILES string of the molecule is COC(=O)CCC(N)Cc1cccc(OC)c1OC. The first-order valence-corrected chi connectivity index (χ1v) is 6.14. The van der Waals surface area contributed by atoms with Crippen LogP contribution in [0, 0.1) is 0 Å². The van der Waals surface area contributed by atoms with Crippen molar-refractivity contribution >= 4 is 5.97 Å². The fraction of sp³-hybridized carbons (Fsp3) is 0.500. The molecule has 0 aliphatic rings. The molecule has 5 heteroatoms. The van der Waals surface area contributed by atoms with Gasteiger partial charge in [0, 0.05) is 12.5 Å². The van der Waals surface area contributed by atoms with Crippen LogP contribution in [0.5, 0.6) is 11.5 Å². The molecule has 0 saturated carbocycles. The third-order valence-electron chi connectivity index (χ3n) is 2.91. The average Bonchev–Trinajstić information content (AvgIpc) is 2.44. The predicted octanol–water partition coefficient (Wildman–Crippen LogP) is 1.53. The van der Waals surface area contributed by atoms with E-state index in [9.17, 15) is 4.79 Å². The maximum atomic E-state index is 11.1. The first-order chi connectivity index (χ1) is 9.12. The lowest BCUT2D eigenvalue weighted by atomic mass is 10.0. The minimum Gasteiger partial charge on any atom is -0.493 e. The second-order valence-corrected chi connectivity index (χ2v) is 4.23. The van der Waals surface area contributed by atoms with Gasteiger partial charge in [-0.05, 0) is 24.5 Å². The van der Waals surface area contributed by atoms with E-state index < -0.39 is 0 Å². The number of benzene rings is 1. The fourth-order valence-corrected chi connectivity index (χ4v) is 1.90. The van der Waals surface area contributed by atoms with Crippen molar-refractivity contribution in [2.24, 2.45) is 5.73 Å². The molecule has 0 radical (unpaired) electrons. The second kappa shape index (κ2) is 7.63. The topological polar surface area (TPSA) is 70.8 Å². The minimum atomic E-state index is -0.243. The lowest BCUT2D eigenvalue weighted by Gasteiger charge is -2.15. The Kier molecular flexibility index (Phi) is 6.15. The van der Waals surface area contributed by atoms with Crippen LogP contribution in [0.4, 0.5) is 0 Å². The number of para-hydroxylation sites is 1. The highest BCUT2D eigenvalue weighted by atomic mass is 16.5. The third-order valence-corrected chi connectivity index (χ3v) is 2.91. The van der Waals surface area contributed by atoms with Crippen LogP contribution in [0.1, 0.15) is 18.4 Å². The van der Waals surface area contributed by atoms with Crippen molar-refractivity contribution in [1.82, 2.24) is 0 Å². The van der Waals surface area contributed by atoms with Crippen LogP contribution in [0.2, 0.25) is 0 Å². The summed E-state index contributed by atoms with van der Waals surface area (Å²) in [6.45, 7) is 0. The van der Waals surface area contributed by atoms with Crippen LogP contribution in [0.3, 0.4) is 0 Å². The molecule has 1 rings (SSSR count). The molecule has 19 heavy (non-hydrogen) atoms. The molecule has 0 heterocycles. The van der Waals surface area contributed by atoms with Crippen molar-refractivity contribution in [2.45, 2.75) is 25.3 Å². The van der Waals surface area contributed by atoms with Crippen LogP contribution in [0.25, 0.3) is 0 Å². The summed E-state index contributed by atoms with van der Waals surface area (Å²) < 4.78 is 15.2. The Labute approximate surface area is 113 Å². The Balaban J connectivity index is 2.68. The van der Waals surface area contributed by atoms with Crippen LogP contribution in [0.15, 0.2) is 18.2 Å². The summed E-state index contributed by atoms with van der Waals surface area (Å²) in [5.74, 6) is 1.13. The summed E-state index contributed by atoms with van der Waals surface area (Å²) in [7, 11) is 4.57. The van der Waals surface area contributed by atoms with Crippen LogP contribution in [-0.4, -0.2) is 33.3 Å². The van der Waals surface area contributed by atoms with E-state index in [1.165, 1.54) is 7.11 Å². The smallest absolute Gasteiger partial charge is 0.305 e. The molecular formula is C14H21NO4. The second-order valence-electron chi connectivity index (χ2n) is 4.23. The molecule has 0 aliphatic carbocycles. The van der Waals surface area contributed by atoms with E-state index in [1.54, 1.807) is 14.2 Å². The van der Waals surface area contributed by atoms with Gasteiger partial charge in [0.15, 0.2) is 11.5 Å². The van der Waals surface area contributed by atoms with Crippen molar-refractivity contribution in [3.63, 3.8) is 0 Å². The van der Waals surface area contributed by atoms with Gasteiger partial charge < -0.3 is 19.9 Å². The minimum absolute atomic E-state index is 0.125. The van der Waals surface area contributed by atoms with Gasteiger partial charge in [-0.15, -0.1) is 0 Å². The Hall–Kier alpha value is -1.75. The first-order valence-electron chi connectivity index (χ1n) is 6.14. The largest absolute Gasteiger partial charge is 0.493 e. The van der Waals surface area contributed by atoms with Crippen molar-refractivity contribution in [3.05, 3.63) is 23.8 Å². The molecule has 1 atom stereocenters. The standard InChI is InChI=1S/C14H21NO4/c1-17-12-6-4-5-10(14(12)19-3)9-11(15)7-8-13(16)18-2/h4-6,11H,7-9,15H2,1-3H3. The van der Waals surface area contributed by atoms with E-state index in [4.69, 9.17) is 15.2 Å². The van der Waals surface area contributed by atoms with Gasteiger partial charge in [-0.1, -0.05) is 12.1 Å². The number of ether oxygens (including phenoxy) is 3. The monoisotopic (exact) mass is 267 g/mol. The molecule has 2 N–H and O–H groups in total. The van der Waals surface area contributed by atoms with E-state index in [1.807, 2.05) is 18.2 Å². The molecule has 0 bridgehead atoms. The highest BCUT2D eigenvalue weighted by Gasteiger charge is 2.14. The van der Waals surface area contributed by atoms with Crippen LogP contribution >= 0.6 is 0 Å². The number of hydrogen-bond donors (Lipinski definition) is 1. The van der Waals surface area contributed by atoms with E-state index >= 15 is 0 Å². The van der Waals surface area contributed by atoms with E-state index in [-0.39, 0.29) is 12.0 Å². The van der Waals surface area contributed by atoms with Gasteiger partial charge in [-0.3, -0.25) is 4.79 Å². The van der Waals surface area contributed by atoms with Gasteiger partial charge in [-0.2, -0.15) is 0 Å². The van der Waals surface area contributed by atoms with Crippen molar-refractivity contribution in [3.8, 4) is 11.5 Å². The average molecular weight is 267 g/mol. The van der Waals surface area contributed by atoms with Gasteiger partial charge in [-0.25, -0.2) is 0 Å². The van der Waals surface area contributed by atoms with E-state index in [0.29, 0.717) is 30.8 Å². The van der Waals surface area contributed by atoms with Crippen molar-refractivity contribution < 1.29 is 19.0 Å². The number of carbonyl (C=O) groups excluding carboxylic acids is 1. The Morgan fingerprint density at radius 2 is 2.00 bits per heavy atom. The van der Waals surface area contributed by atoms with Gasteiger partial charge in [0.05, 0.1) is 21.3 Å². The van der Waals surface area contributed by atoms with Gasteiger partial charge in [0.1, 0.15) is 0 Å². The van der Waals surface area contributed by atoms with Crippen LogP contribution in [-0.2, 0) is 16.0 Å². The zero-order valence-corrected chi connectivity index (χ0v) is 11.6. The molecular weight excluding hydrogens is 246 g/mol. The molecule has 1 aromatic carbocycles. The molecule has 1 aromatic rings. The summed E-state index contributed by atoms with van der Waals surface area (Å²) in [5.41, 5.74) is 6.99. The highest BCUT2D eigenvalue weighted by Crippen LogP contribution is 2.31. The molecule has 0 spiro atoms. The van der Waals surface area contributed by atoms with Crippen molar-refractivity contribution in [1.29, 1.82) is 0 Å². The van der Waals surface area contributed by atoms with Crippen LogP contribution < -0.4 is 15.2 Å². The first kappa shape index (κ1) is 15.3. The number of esters is 1. The van der Waals surface area contributed by atoms with Crippen molar-refractivity contribution in [2.75, 3.05) is 21.3 Å². The van der Waals surface area contributed by atoms with E-state index in [2.05, 4.69) is 4.74 Å². The summed E-state index contributed by atoms with van der Waals surface area (Å²) >= 11 is 0. The Morgan fingerprint density at radius 3 is 2.58 bits per heavy atom. The van der Waals surface area contributed by atoms with Gasteiger partial charge in [0.2, 0.25) is 0 Å². The Bertz CT molecular complexity index is 420. The summed E-state index contributed by atoms with van der Waals surface area (Å²) in [6.07, 6.45) is 1.52. The summed E-state index contributed by atoms with van der Waals surface area (Å²) in [4.78, 5) is 11.1. The number of nitrogens with two attached hydrogens (primary N) is 1. The lowest BCUT2D eigenvalue weighted by molar-refractivity contribution is -0.140. The quantitative estimate of drug-likeness (QED) is 0.758. The lowest BCUT2D eigenvalue weighted by Crippen LogP contribution is -2.24.